The molecule has 0 bridgehead atoms. The number of amides is 2. The molecule has 0 radical (unpaired) electrons. The number of carboxylic acids is 1. The third-order valence-corrected chi connectivity index (χ3v) is 8.31. The Kier molecular flexibility index (Phi) is 9.81. The van der Waals surface area contributed by atoms with Gasteiger partial charge in [0.25, 0.3) is 0 Å². The fourth-order valence-corrected chi connectivity index (χ4v) is 5.94. The first-order valence-electron chi connectivity index (χ1n) is 14.3. The van der Waals surface area contributed by atoms with Crippen LogP contribution in [0.2, 0.25) is 0 Å². The second-order valence-electron chi connectivity index (χ2n) is 10.9. The zero-order valence-corrected chi connectivity index (χ0v) is 23.8. The molecule has 1 unspecified atom stereocenters. The summed E-state index contributed by atoms with van der Waals surface area (Å²) in [7, 11) is 1.72. The number of fused-ring (bicyclic) bond motifs is 1. The van der Waals surface area contributed by atoms with Crippen LogP contribution in [0.5, 0.6) is 5.75 Å². The molecule has 0 spiro atoms. The van der Waals surface area contributed by atoms with Gasteiger partial charge in [-0.3, -0.25) is 19.3 Å². The van der Waals surface area contributed by atoms with E-state index in [0.717, 1.165) is 47.4 Å². The topological polar surface area (TPSA) is 116 Å². The predicted octanol–water partition coefficient (Wildman–Crippen LogP) is 3.25. The second kappa shape index (κ2) is 13.3. The molecule has 2 aliphatic rings. The van der Waals surface area contributed by atoms with Gasteiger partial charge in [-0.05, 0) is 47.7 Å². The number of anilines is 1. The van der Waals surface area contributed by atoms with E-state index in [1.54, 1.807) is 16.8 Å². The van der Waals surface area contributed by atoms with E-state index in [0.29, 0.717) is 39.2 Å². The number of carbonyl (C=O) groups excluding carboxylic acids is 2. The first kappa shape index (κ1) is 29.6. The fourth-order valence-electron chi connectivity index (χ4n) is 5.94. The number of nitrogens with zero attached hydrogens (tertiary/aromatic N) is 3. The maximum absolute atomic E-state index is 13.9. The summed E-state index contributed by atoms with van der Waals surface area (Å²) in [5.74, 6) is -1.17. The molecule has 216 valence electrons. The van der Waals surface area contributed by atoms with E-state index in [4.69, 9.17) is 10.5 Å². The summed E-state index contributed by atoms with van der Waals surface area (Å²) < 4.78 is 5.67. The highest BCUT2D eigenvalue weighted by atomic mass is 16.5. The number of likely N-dealkylation sites (tertiary alicyclic amines) is 1. The zero-order chi connectivity index (χ0) is 28.8. The van der Waals surface area contributed by atoms with E-state index < -0.39 is 17.9 Å². The van der Waals surface area contributed by atoms with Gasteiger partial charge in [-0.15, -0.1) is 0 Å². The van der Waals surface area contributed by atoms with E-state index in [9.17, 15) is 19.5 Å². The number of benzene rings is 2. The lowest BCUT2D eigenvalue weighted by Gasteiger charge is -2.31. The van der Waals surface area contributed by atoms with Crippen LogP contribution in [0.15, 0.2) is 42.5 Å². The molecule has 9 nitrogen and oxygen atoms in total. The Morgan fingerprint density at radius 1 is 1.15 bits per heavy atom. The van der Waals surface area contributed by atoms with E-state index >= 15 is 0 Å². The maximum Gasteiger partial charge on any atom is 0.308 e. The van der Waals surface area contributed by atoms with Crippen molar-refractivity contribution in [3.05, 3.63) is 59.2 Å². The number of unbranched alkanes of at least 4 members (excludes halogenated alkanes) is 1. The first-order chi connectivity index (χ1) is 19.2. The standard InChI is InChI=1S/C31H42N4O5/c1-4-5-13-35(25-8-6-7-22(16-25)18-32)29(37)20-34-19-26(23-9-10-28-24(17-23)12-15-40-28)30(31(38)39)27(34)11-14-33(3)21(2)36/h6-10,16-17,26-27,30H,4-5,11-15,18-20,32H2,1-3H3,(H,38,39)/t26-,27+,30?/m1/s1. The second-order valence-corrected chi connectivity index (χ2v) is 10.9. The highest BCUT2D eigenvalue weighted by molar-refractivity contribution is 5.95. The van der Waals surface area contributed by atoms with Crippen molar-refractivity contribution in [3.8, 4) is 5.75 Å². The molecule has 1 saturated heterocycles. The van der Waals surface area contributed by atoms with Gasteiger partial charge >= 0.3 is 5.97 Å². The highest BCUT2D eigenvalue weighted by Crippen LogP contribution is 2.41. The molecular weight excluding hydrogens is 508 g/mol. The molecule has 40 heavy (non-hydrogen) atoms. The van der Waals surface area contributed by atoms with Gasteiger partial charge in [0, 0.05) is 64.2 Å². The molecule has 0 saturated carbocycles. The summed E-state index contributed by atoms with van der Waals surface area (Å²) in [6.45, 7) is 6.13. The monoisotopic (exact) mass is 550 g/mol. The molecule has 0 aromatic heterocycles. The lowest BCUT2D eigenvalue weighted by Crippen LogP contribution is -2.45. The predicted molar refractivity (Wildman–Crippen MR) is 154 cm³/mol. The highest BCUT2D eigenvalue weighted by Gasteiger charge is 2.47. The normalized spacial score (nSPS) is 20.1. The quantitative estimate of drug-likeness (QED) is 0.417. The molecule has 3 N–H and O–H groups in total. The number of carboxylic acid groups (broad SMARTS) is 1. The molecule has 4 rings (SSSR count). The summed E-state index contributed by atoms with van der Waals surface area (Å²) in [5, 5.41) is 10.5. The van der Waals surface area contributed by atoms with Crippen molar-refractivity contribution in [2.24, 2.45) is 11.7 Å². The lowest BCUT2D eigenvalue weighted by atomic mass is 9.83. The number of nitrogens with two attached hydrogens (primary N) is 1. The van der Waals surface area contributed by atoms with Crippen molar-refractivity contribution < 1.29 is 24.2 Å². The van der Waals surface area contributed by atoms with Crippen LogP contribution in [0.25, 0.3) is 0 Å². The van der Waals surface area contributed by atoms with Crippen LogP contribution in [0.1, 0.15) is 55.7 Å². The summed E-state index contributed by atoms with van der Waals surface area (Å²) in [6.07, 6.45) is 3.05. The zero-order valence-electron chi connectivity index (χ0n) is 23.8. The molecule has 2 amide bonds. The van der Waals surface area contributed by atoms with E-state index in [-0.39, 0.29) is 24.3 Å². The van der Waals surface area contributed by atoms with Gasteiger partial charge in [0.1, 0.15) is 5.75 Å². The number of carbonyl (C=O) groups is 3. The molecule has 0 aliphatic carbocycles. The van der Waals surface area contributed by atoms with Crippen LogP contribution >= 0.6 is 0 Å². The van der Waals surface area contributed by atoms with E-state index in [1.807, 2.05) is 41.3 Å². The molecule has 2 heterocycles. The van der Waals surface area contributed by atoms with Crippen molar-refractivity contribution in [2.45, 2.75) is 58.0 Å². The summed E-state index contributed by atoms with van der Waals surface area (Å²) >= 11 is 0. The smallest absolute Gasteiger partial charge is 0.308 e. The van der Waals surface area contributed by atoms with Crippen LogP contribution < -0.4 is 15.4 Å². The third-order valence-electron chi connectivity index (χ3n) is 8.31. The Labute approximate surface area is 236 Å². The van der Waals surface area contributed by atoms with Crippen molar-refractivity contribution in [3.63, 3.8) is 0 Å². The van der Waals surface area contributed by atoms with Crippen LogP contribution in [0.3, 0.4) is 0 Å². The van der Waals surface area contributed by atoms with Gasteiger partial charge in [-0.1, -0.05) is 37.6 Å². The van der Waals surface area contributed by atoms with Crippen LogP contribution in [0.4, 0.5) is 5.69 Å². The number of aliphatic carboxylic acids is 1. The molecule has 3 atom stereocenters. The van der Waals surface area contributed by atoms with E-state index in [1.165, 1.54) is 6.92 Å². The Balaban J connectivity index is 1.64. The van der Waals surface area contributed by atoms with Crippen molar-refractivity contribution in [1.29, 1.82) is 0 Å². The van der Waals surface area contributed by atoms with Crippen LogP contribution in [0, 0.1) is 5.92 Å². The Hall–Kier alpha value is -3.43. The molecule has 2 aromatic carbocycles. The van der Waals surface area contributed by atoms with Gasteiger partial charge in [0.2, 0.25) is 11.8 Å². The minimum absolute atomic E-state index is 0.0697. The number of hydrogen-bond acceptors (Lipinski definition) is 6. The van der Waals surface area contributed by atoms with Crippen LogP contribution in [-0.2, 0) is 27.3 Å². The van der Waals surface area contributed by atoms with Gasteiger partial charge in [-0.2, -0.15) is 0 Å². The Morgan fingerprint density at radius 2 is 1.95 bits per heavy atom. The van der Waals surface area contributed by atoms with E-state index in [2.05, 4.69) is 13.0 Å². The number of rotatable bonds is 12. The Bertz CT molecular complexity index is 1220. The Morgan fingerprint density at radius 3 is 2.65 bits per heavy atom. The average Bonchev–Trinajstić information content (AvgIpc) is 3.56. The summed E-state index contributed by atoms with van der Waals surface area (Å²) in [5.41, 5.74) is 9.67. The molecule has 9 heteroatoms. The third kappa shape index (κ3) is 6.64. The molecular formula is C31H42N4O5. The first-order valence-corrected chi connectivity index (χ1v) is 14.3. The SMILES string of the molecule is CCCCN(C(=O)CN1C[C@H](c2ccc3c(c2)CCO3)C(C(=O)O)[C@@H]1CCN(C)C(C)=O)c1cccc(CN)c1. The maximum atomic E-state index is 13.9. The molecule has 2 aliphatic heterocycles. The average molecular weight is 551 g/mol. The summed E-state index contributed by atoms with van der Waals surface area (Å²) in [6, 6.07) is 13.3. The minimum atomic E-state index is -0.884. The molecule has 2 aromatic rings. The van der Waals surface area contributed by atoms with Gasteiger partial charge in [0.05, 0.1) is 19.1 Å². The van der Waals surface area contributed by atoms with Gasteiger partial charge in [0.15, 0.2) is 0 Å². The lowest BCUT2D eigenvalue weighted by molar-refractivity contribution is -0.143. The molecule has 1 fully saturated rings. The minimum Gasteiger partial charge on any atom is -0.493 e. The number of ether oxygens (including phenoxy) is 1. The van der Waals surface area contributed by atoms with Crippen molar-refractivity contribution in [2.75, 3.05) is 44.7 Å². The van der Waals surface area contributed by atoms with Crippen molar-refractivity contribution >= 4 is 23.5 Å². The largest absolute Gasteiger partial charge is 0.493 e. The van der Waals surface area contributed by atoms with Gasteiger partial charge < -0.3 is 25.4 Å². The van der Waals surface area contributed by atoms with Crippen molar-refractivity contribution in [1.82, 2.24) is 9.80 Å². The number of hydrogen-bond donors (Lipinski definition) is 2. The summed E-state index contributed by atoms with van der Waals surface area (Å²) in [4.78, 5) is 44.0. The van der Waals surface area contributed by atoms with Gasteiger partial charge in [-0.25, -0.2) is 0 Å². The van der Waals surface area contributed by atoms with Crippen LogP contribution in [-0.4, -0.2) is 78.6 Å². The fraction of sp³-hybridized carbons (Fsp3) is 0.516.